The highest BCUT2D eigenvalue weighted by Gasteiger charge is 2.21. The van der Waals surface area contributed by atoms with E-state index in [2.05, 4.69) is 9.62 Å². The van der Waals surface area contributed by atoms with Crippen LogP contribution in [0.5, 0.6) is 0 Å². The standard InChI is InChI=1S/C19H20N4O3S/c1-22-9-11-23(12-10-22)19(24)16-5-7-18(8-6-16)27(25,26)21-17-4-2-3-15(13-17)14-20/h2-8,13,21H,9-12H2,1H3. The van der Waals surface area contributed by atoms with Crippen LogP contribution < -0.4 is 4.72 Å². The zero-order valence-electron chi connectivity index (χ0n) is 14.9. The number of anilines is 1. The molecule has 3 rings (SSSR count). The molecule has 1 amide bonds. The van der Waals surface area contributed by atoms with Gasteiger partial charge in [-0.05, 0) is 49.5 Å². The number of amides is 1. The van der Waals surface area contributed by atoms with Crippen LogP contribution in [0.15, 0.2) is 53.4 Å². The lowest BCUT2D eigenvalue weighted by atomic mass is 10.2. The lowest BCUT2D eigenvalue weighted by Crippen LogP contribution is -2.47. The summed E-state index contributed by atoms with van der Waals surface area (Å²) in [6.45, 7) is 2.96. The zero-order chi connectivity index (χ0) is 19.4. The van der Waals surface area contributed by atoms with E-state index in [9.17, 15) is 13.2 Å². The first kappa shape index (κ1) is 18.9. The van der Waals surface area contributed by atoms with Crippen molar-refractivity contribution in [1.29, 1.82) is 5.26 Å². The van der Waals surface area contributed by atoms with Crippen LogP contribution >= 0.6 is 0 Å². The van der Waals surface area contributed by atoms with Gasteiger partial charge in [0.2, 0.25) is 0 Å². The number of piperazine rings is 1. The van der Waals surface area contributed by atoms with E-state index < -0.39 is 10.0 Å². The van der Waals surface area contributed by atoms with Crippen molar-refractivity contribution >= 4 is 21.6 Å². The Morgan fingerprint density at radius 1 is 1.07 bits per heavy atom. The number of sulfonamides is 1. The van der Waals surface area contributed by atoms with Crippen molar-refractivity contribution in [3.8, 4) is 6.07 Å². The Morgan fingerprint density at radius 3 is 2.37 bits per heavy atom. The molecular weight excluding hydrogens is 364 g/mol. The topological polar surface area (TPSA) is 93.5 Å². The quantitative estimate of drug-likeness (QED) is 0.867. The molecule has 0 unspecified atom stereocenters. The van der Waals surface area contributed by atoms with Crippen LogP contribution in [0.2, 0.25) is 0 Å². The minimum absolute atomic E-state index is 0.0554. The third-order valence-corrected chi connectivity index (χ3v) is 5.84. The van der Waals surface area contributed by atoms with E-state index in [0.29, 0.717) is 29.9 Å². The molecule has 8 heteroatoms. The van der Waals surface area contributed by atoms with Gasteiger partial charge < -0.3 is 9.80 Å². The predicted molar refractivity (Wildman–Crippen MR) is 102 cm³/mol. The molecule has 1 aliphatic heterocycles. The van der Waals surface area contributed by atoms with Crippen LogP contribution in [0.1, 0.15) is 15.9 Å². The summed E-state index contributed by atoms with van der Waals surface area (Å²) < 4.78 is 27.5. The molecule has 0 bridgehead atoms. The van der Waals surface area contributed by atoms with Gasteiger partial charge in [-0.1, -0.05) is 6.07 Å². The first-order valence-corrected chi connectivity index (χ1v) is 9.98. The largest absolute Gasteiger partial charge is 0.336 e. The molecule has 7 nitrogen and oxygen atoms in total. The Bertz CT molecular complexity index is 973. The van der Waals surface area contributed by atoms with Gasteiger partial charge in [-0.15, -0.1) is 0 Å². The second-order valence-corrected chi connectivity index (χ2v) is 8.10. The Kier molecular flexibility index (Phi) is 5.44. The van der Waals surface area contributed by atoms with E-state index in [0.717, 1.165) is 13.1 Å². The molecule has 1 N–H and O–H groups in total. The van der Waals surface area contributed by atoms with Crippen molar-refractivity contribution in [2.24, 2.45) is 0 Å². The number of nitriles is 1. The second-order valence-electron chi connectivity index (χ2n) is 6.42. The van der Waals surface area contributed by atoms with Gasteiger partial charge in [-0.2, -0.15) is 5.26 Å². The van der Waals surface area contributed by atoms with E-state index >= 15 is 0 Å². The van der Waals surface area contributed by atoms with E-state index in [1.165, 1.54) is 30.3 Å². The fourth-order valence-electron chi connectivity index (χ4n) is 2.84. The monoisotopic (exact) mass is 384 g/mol. The molecule has 0 spiro atoms. The Morgan fingerprint density at radius 2 is 1.74 bits per heavy atom. The van der Waals surface area contributed by atoms with Crippen LogP contribution in [0.4, 0.5) is 5.69 Å². The Labute approximate surface area is 158 Å². The third-order valence-electron chi connectivity index (χ3n) is 4.45. The number of hydrogen-bond donors (Lipinski definition) is 1. The number of nitrogens with one attached hydrogen (secondary N) is 1. The van der Waals surface area contributed by atoms with Crippen molar-refractivity contribution in [2.45, 2.75) is 4.90 Å². The maximum absolute atomic E-state index is 12.5. The lowest BCUT2D eigenvalue weighted by Gasteiger charge is -2.32. The summed E-state index contributed by atoms with van der Waals surface area (Å²) in [5.41, 5.74) is 1.14. The molecule has 0 atom stereocenters. The summed E-state index contributed by atoms with van der Waals surface area (Å²) in [5.74, 6) is -0.0956. The molecular formula is C19H20N4O3S. The lowest BCUT2D eigenvalue weighted by molar-refractivity contribution is 0.0664. The average molecular weight is 384 g/mol. The second kappa shape index (κ2) is 7.78. The van der Waals surface area contributed by atoms with Crippen LogP contribution in [0.3, 0.4) is 0 Å². The molecule has 27 heavy (non-hydrogen) atoms. The van der Waals surface area contributed by atoms with Crippen LogP contribution in [0.25, 0.3) is 0 Å². The molecule has 1 heterocycles. The third kappa shape index (κ3) is 4.45. The summed E-state index contributed by atoms with van der Waals surface area (Å²) >= 11 is 0. The van der Waals surface area contributed by atoms with E-state index in [1.54, 1.807) is 23.1 Å². The summed E-state index contributed by atoms with van der Waals surface area (Å²) in [5, 5.41) is 8.92. The minimum Gasteiger partial charge on any atom is -0.336 e. The maximum atomic E-state index is 12.5. The molecule has 1 saturated heterocycles. The van der Waals surface area contributed by atoms with Gasteiger partial charge >= 0.3 is 0 Å². The summed E-state index contributed by atoms with van der Waals surface area (Å²) in [7, 11) is -1.79. The minimum atomic E-state index is -3.80. The van der Waals surface area contributed by atoms with E-state index in [4.69, 9.17) is 5.26 Å². The van der Waals surface area contributed by atoms with Gasteiger partial charge in [0, 0.05) is 31.7 Å². The fraction of sp³-hybridized carbons (Fsp3) is 0.263. The highest BCUT2D eigenvalue weighted by molar-refractivity contribution is 7.92. The number of nitrogens with zero attached hydrogens (tertiary/aromatic N) is 3. The highest BCUT2D eigenvalue weighted by atomic mass is 32.2. The smallest absolute Gasteiger partial charge is 0.261 e. The highest BCUT2D eigenvalue weighted by Crippen LogP contribution is 2.18. The molecule has 0 saturated carbocycles. The van der Waals surface area contributed by atoms with E-state index in [1.807, 2.05) is 13.1 Å². The van der Waals surface area contributed by atoms with Crippen LogP contribution in [-0.2, 0) is 10.0 Å². The average Bonchev–Trinajstić information content (AvgIpc) is 2.68. The summed E-state index contributed by atoms with van der Waals surface area (Å²) in [4.78, 5) is 16.5. The normalized spacial score (nSPS) is 15.2. The molecule has 0 radical (unpaired) electrons. The number of carbonyl (C=O) groups is 1. The molecule has 2 aromatic rings. The first-order chi connectivity index (χ1) is 12.9. The summed E-state index contributed by atoms with van der Waals surface area (Å²) in [6, 6.07) is 14.1. The number of carbonyl (C=O) groups excluding carboxylic acids is 1. The molecule has 140 valence electrons. The van der Waals surface area contributed by atoms with Crippen molar-refractivity contribution < 1.29 is 13.2 Å². The van der Waals surface area contributed by atoms with Crippen molar-refractivity contribution in [3.05, 3.63) is 59.7 Å². The predicted octanol–water partition coefficient (Wildman–Crippen LogP) is 1.75. The number of hydrogen-bond acceptors (Lipinski definition) is 5. The molecule has 1 fully saturated rings. The van der Waals surface area contributed by atoms with Gasteiger partial charge in [0.25, 0.3) is 15.9 Å². The number of likely N-dealkylation sites (N-methyl/N-ethyl adjacent to an activating group) is 1. The van der Waals surface area contributed by atoms with Crippen LogP contribution in [-0.4, -0.2) is 57.4 Å². The molecule has 2 aromatic carbocycles. The van der Waals surface area contributed by atoms with Gasteiger partial charge in [0.05, 0.1) is 22.2 Å². The van der Waals surface area contributed by atoms with Gasteiger partial charge in [-0.3, -0.25) is 9.52 Å². The van der Waals surface area contributed by atoms with Gasteiger partial charge in [0.1, 0.15) is 0 Å². The van der Waals surface area contributed by atoms with Gasteiger partial charge in [0.15, 0.2) is 0 Å². The number of rotatable bonds is 4. The van der Waals surface area contributed by atoms with Crippen molar-refractivity contribution in [2.75, 3.05) is 37.9 Å². The zero-order valence-corrected chi connectivity index (χ0v) is 15.7. The molecule has 0 aliphatic carbocycles. The maximum Gasteiger partial charge on any atom is 0.261 e. The molecule has 1 aliphatic rings. The summed E-state index contributed by atoms with van der Waals surface area (Å²) in [6.07, 6.45) is 0. The SMILES string of the molecule is CN1CCN(C(=O)c2ccc(S(=O)(=O)Nc3cccc(C#N)c3)cc2)CC1. The van der Waals surface area contributed by atoms with Gasteiger partial charge in [-0.25, -0.2) is 8.42 Å². The number of benzene rings is 2. The van der Waals surface area contributed by atoms with Crippen molar-refractivity contribution in [3.63, 3.8) is 0 Å². The first-order valence-electron chi connectivity index (χ1n) is 8.50. The Balaban J connectivity index is 1.74. The molecule has 0 aromatic heterocycles. The van der Waals surface area contributed by atoms with E-state index in [-0.39, 0.29) is 10.8 Å². The van der Waals surface area contributed by atoms with Crippen molar-refractivity contribution in [1.82, 2.24) is 9.80 Å². The fourth-order valence-corrected chi connectivity index (χ4v) is 3.88. The Hall–Kier alpha value is -2.89. The van der Waals surface area contributed by atoms with Crippen LogP contribution in [0, 0.1) is 11.3 Å².